The second kappa shape index (κ2) is 9.62. The molecule has 6 nitrogen and oxygen atoms in total. The zero-order valence-electron chi connectivity index (χ0n) is 20.6. The van der Waals surface area contributed by atoms with Crippen molar-refractivity contribution in [2.45, 2.75) is 31.4 Å². The molecule has 5 rings (SSSR count). The van der Waals surface area contributed by atoms with Gasteiger partial charge in [0.15, 0.2) is 17.2 Å². The zero-order valence-corrected chi connectivity index (χ0v) is 20.6. The van der Waals surface area contributed by atoms with Crippen LogP contribution in [0.3, 0.4) is 0 Å². The average Bonchev–Trinajstić information content (AvgIpc) is 3.40. The summed E-state index contributed by atoms with van der Waals surface area (Å²) in [6.07, 6.45) is 3.38. The topological polar surface area (TPSA) is 63.5 Å². The molecule has 0 fully saturated rings. The predicted molar refractivity (Wildman–Crippen MR) is 137 cm³/mol. The minimum absolute atomic E-state index is 0.558. The third-order valence-electron chi connectivity index (χ3n) is 7.05. The standard InChI is InChI=1S/C29H32N2O4/c1-33-25-17-21(18-26(34-2)27(25)35-3)8-6-7-20-11-13-23(14-12-20)29(32)19-22-9-4-5-10-24(22)28-30-15-16-31(28)29/h4-5,9-14,17-18,32H,6-8,15-16,19H2,1-3H3. The van der Waals surface area contributed by atoms with E-state index in [0.29, 0.717) is 30.2 Å². The summed E-state index contributed by atoms with van der Waals surface area (Å²) in [5.74, 6) is 2.88. The van der Waals surface area contributed by atoms with Crippen LogP contribution in [-0.4, -0.2) is 50.3 Å². The Hall–Kier alpha value is -3.51. The van der Waals surface area contributed by atoms with Crippen molar-refractivity contribution in [2.75, 3.05) is 34.4 Å². The highest BCUT2D eigenvalue weighted by molar-refractivity contribution is 6.02. The number of hydrogen-bond acceptors (Lipinski definition) is 6. The number of hydrogen-bond donors (Lipinski definition) is 1. The van der Waals surface area contributed by atoms with Gasteiger partial charge in [0.05, 0.1) is 27.9 Å². The summed E-state index contributed by atoms with van der Waals surface area (Å²) in [6.45, 7) is 1.45. The first-order valence-corrected chi connectivity index (χ1v) is 12.1. The van der Waals surface area contributed by atoms with Gasteiger partial charge < -0.3 is 24.2 Å². The Labute approximate surface area is 206 Å². The molecule has 1 unspecified atom stereocenters. The van der Waals surface area contributed by atoms with Crippen molar-refractivity contribution >= 4 is 5.84 Å². The largest absolute Gasteiger partial charge is 0.493 e. The second-order valence-electron chi connectivity index (χ2n) is 9.09. The summed E-state index contributed by atoms with van der Waals surface area (Å²) < 4.78 is 16.4. The van der Waals surface area contributed by atoms with Gasteiger partial charge in [0.25, 0.3) is 0 Å². The van der Waals surface area contributed by atoms with E-state index in [4.69, 9.17) is 19.2 Å². The van der Waals surface area contributed by atoms with E-state index in [-0.39, 0.29) is 0 Å². The highest BCUT2D eigenvalue weighted by Crippen LogP contribution is 2.40. The lowest BCUT2D eigenvalue weighted by Gasteiger charge is -2.43. The highest BCUT2D eigenvalue weighted by Gasteiger charge is 2.44. The number of nitrogens with zero attached hydrogens (tertiary/aromatic N) is 2. The SMILES string of the molecule is COc1cc(CCCc2ccc(C3(O)Cc4ccccc4C4=NCCN43)cc2)cc(OC)c1OC. The normalized spacial score (nSPS) is 18.5. The van der Waals surface area contributed by atoms with Crippen molar-refractivity contribution in [1.82, 2.24) is 4.90 Å². The lowest BCUT2D eigenvalue weighted by atomic mass is 9.86. The van der Waals surface area contributed by atoms with Gasteiger partial charge in [-0.1, -0.05) is 48.5 Å². The molecule has 182 valence electrons. The van der Waals surface area contributed by atoms with Gasteiger partial charge in [-0.3, -0.25) is 4.99 Å². The third kappa shape index (κ3) is 4.23. The first kappa shape index (κ1) is 23.2. The van der Waals surface area contributed by atoms with E-state index < -0.39 is 5.72 Å². The molecule has 0 spiro atoms. The second-order valence-corrected chi connectivity index (χ2v) is 9.09. The number of ether oxygens (including phenoxy) is 3. The smallest absolute Gasteiger partial charge is 0.203 e. The van der Waals surface area contributed by atoms with Gasteiger partial charge >= 0.3 is 0 Å². The Kier molecular flexibility index (Phi) is 6.39. The molecule has 0 radical (unpaired) electrons. The van der Waals surface area contributed by atoms with E-state index in [0.717, 1.165) is 53.9 Å². The molecule has 3 aromatic carbocycles. The molecule has 3 aromatic rings. The van der Waals surface area contributed by atoms with Gasteiger partial charge in [0, 0.05) is 24.1 Å². The molecule has 2 aliphatic heterocycles. The monoisotopic (exact) mass is 472 g/mol. The number of aryl methyl sites for hydroxylation is 2. The first-order chi connectivity index (χ1) is 17.1. The fourth-order valence-corrected chi connectivity index (χ4v) is 5.26. The Morgan fingerprint density at radius 2 is 1.57 bits per heavy atom. The van der Waals surface area contributed by atoms with Crippen molar-refractivity contribution in [3.05, 3.63) is 88.5 Å². The summed E-state index contributed by atoms with van der Waals surface area (Å²) in [7, 11) is 4.89. The molecule has 0 bridgehead atoms. The quantitative estimate of drug-likeness (QED) is 0.528. The number of rotatable bonds is 8. The van der Waals surface area contributed by atoms with Crippen LogP contribution in [0.15, 0.2) is 65.7 Å². The Bertz CT molecular complexity index is 1210. The van der Waals surface area contributed by atoms with Crippen LogP contribution >= 0.6 is 0 Å². The molecule has 1 N–H and O–H groups in total. The predicted octanol–water partition coefficient (Wildman–Crippen LogP) is 4.35. The first-order valence-electron chi connectivity index (χ1n) is 12.1. The van der Waals surface area contributed by atoms with Crippen LogP contribution in [0.5, 0.6) is 17.2 Å². The zero-order chi connectivity index (χ0) is 24.4. The summed E-state index contributed by atoms with van der Waals surface area (Å²) in [6, 6.07) is 20.7. The van der Waals surface area contributed by atoms with Gasteiger partial charge in [-0.2, -0.15) is 0 Å². The van der Waals surface area contributed by atoms with Gasteiger partial charge in [-0.05, 0) is 48.1 Å². The molecule has 1 atom stereocenters. The number of aliphatic hydroxyl groups is 1. The maximum atomic E-state index is 11.8. The van der Waals surface area contributed by atoms with E-state index in [9.17, 15) is 5.11 Å². The van der Waals surface area contributed by atoms with E-state index >= 15 is 0 Å². The molecule has 0 aromatic heterocycles. The third-order valence-corrected chi connectivity index (χ3v) is 7.05. The molecular formula is C29H32N2O4. The number of fused-ring (bicyclic) bond motifs is 3. The average molecular weight is 473 g/mol. The lowest BCUT2D eigenvalue weighted by Crippen LogP contribution is -2.53. The molecule has 0 amide bonds. The molecule has 0 saturated heterocycles. The fourth-order valence-electron chi connectivity index (χ4n) is 5.26. The number of methoxy groups -OCH3 is 3. The molecule has 2 heterocycles. The minimum atomic E-state index is -1.07. The molecular weight excluding hydrogens is 440 g/mol. The maximum absolute atomic E-state index is 11.8. The number of aliphatic imine (C=N–C) groups is 1. The lowest BCUT2D eigenvalue weighted by molar-refractivity contribution is -0.0745. The van der Waals surface area contributed by atoms with E-state index in [2.05, 4.69) is 41.3 Å². The van der Waals surface area contributed by atoms with Crippen molar-refractivity contribution in [1.29, 1.82) is 0 Å². The van der Waals surface area contributed by atoms with Crippen molar-refractivity contribution < 1.29 is 19.3 Å². The number of benzene rings is 3. The van der Waals surface area contributed by atoms with Crippen LogP contribution in [0.25, 0.3) is 0 Å². The van der Waals surface area contributed by atoms with Crippen LogP contribution < -0.4 is 14.2 Å². The molecule has 2 aliphatic rings. The Morgan fingerprint density at radius 1 is 0.886 bits per heavy atom. The highest BCUT2D eigenvalue weighted by atomic mass is 16.5. The van der Waals surface area contributed by atoms with Crippen LogP contribution in [-0.2, 0) is 25.0 Å². The number of amidine groups is 1. The minimum Gasteiger partial charge on any atom is -0.493 e. The van der Waals surface area contributed by atoms with Crippen molar-refractivity contribution in [3.63, 3.8) is 0 Å². The van der Waals surface area contributed by atoms with E-state index in [1.165, 1.54) is 5.56 Å². The van der Waals surface area contributed by atoms with Crippen molar-refractivity contribution in [2.24, 2.45) is 4.99 Å². The van der Waals surface area contributed by atoms with E-state index in [1.807, 2.05) is 24.3 Å². The molecule has 6 heteroatoms. The summed E-state index contributed by atoms with van der Waals surface area (Å²) in [4.78, 5) is 6.76. The summed E-state index contributed by atoms with van der Waals surface area (Å²) >= 11 is 0. The molecule has 0 saturated carbocycles. The van der Waals surface area contributed by atoms with Gasteiger partial charge in [-0.15, -0.1) is 0 Å². The summed E-state index contributed by atoms with van der Waals surface area (Å²) in [5, 5.41) is 11.8. The van der Waals surface area contributed by atoms with Crippen LogP contribution in [0.2, 0.25) is 0 Å². The van der Waals surface area contributed by atoms with Gasteiger partial charge in [0.1, 0.15) is 5.84 Å². The Balaban J connectivity index is 1.29. The fraction of sp³-hybridized carbons (Fsp3) is 0.345. The van der Waals surface area contributed by atoms with E-state index in [1.54, 1.807) is 21.3 Å². The maximum Gasteiger partial charge on any atom is 0.203 e. The van der Waals surface area contributed by atoms with Gasteiger partial charge in [-0.25, -0.2) is 0 Å². The summed E-state index contributed by atoms with van der Waals surface area (Å²) in [5.41, 5.74) is 4.51. The van der Waals surface area contributed by atoms with Crippen molar-refractivity contribution in [3.8, 4) is 17.2 Å². The molecule has 35 heavy (non-hydrogen) atoms. The van der Waals surface area contributed by atoms with Crippen LogP contribution in [0.1, 0.15) is 34.2 Å². The van der Waals surface area contributed by atoms with Crippen LogP contribution in [0.4, 0.5) is 0 Å². The Morgan fingerprint density at radius 3 is 2.26 bits per heavy atom. The van der Waals surface area contributed by atoms with Crippen LogP contribution in [0, 0.1) is 0 Å². The van der Waals surface area contributed by atoms with Gasteiger partial charge in [0.2, 0.25) is 5.75 Å². The molecule has 0 aliphatic carbocycles.